The lowest BCUT2D eigenvalue weighted by Gasteiger charge is -2.05. The molecule has 100 valence electrons. The molecule has 1 N–H and O–H groups in total. The van der Waals surface area contributed by atoms with Crippen LogP contribution in [-0.4, -0.2) is 12.3 Å². The van der Waals surface area contributed by atoms with Crippen LogP contribution in [0, 0.1) is 5.92 Å². The van der Waals surface area contributed by atoms with Crippen LogP contribution in [0.2, 0.25) is 0 Å². The molecule has 18 heavy (non-hydrogen) atoms. The van der Waals surface area contributed by atoms with Gasteiger partial charge in [0.2, 0.25) is 0 Å². The van der Waals surface area contributed by atoms with Gasteiger partial charge in [-0.25, -0.2) is 0 Å². The van der Waals surface area contributed by atoms with Crippen molar-refractivity contribution in [2.45, 2.75) is 46.1 Å². The average Bonchev–Trinajstić information content (AvgIpc) is 2.35. The molecule has 1 rings (SSSR count). The Morgan fingerprint density at radius 2 is 1.89 bits per heavy atom. The van der Waals surface area contributed by atoms with Gasteiger partial charge in [-0.15, -0.1) is 0 Å². The molecule has 1 aromatic rings. The smallest absolute Gasteiger partial charge is 0.134 e. The molecule has 0 saturated heterocycles. The van der Waals surface area contributed by atoms with E-state index in [1.54, 1.807) is 0 Å². The summed E-state index contributed by atoms with van der Waals surface area (Å²) in [6.45, 7) is 6.04. The Morgan fingerprint density at radius 1 is 1.17 bits per heavy atom. The number of hydrogen-bond donors (Lipinski definition) is 1. The quantitative estimate of drug-likeness (QED) is 0.676. The molecular weight excluding hydrogens is 222 g/mol. The zero-order valence-corrected chi connectivity index (χ0v) is 11.6. The largest absolute Gasteiger partial charge is 0.312 e. The summed E-state index contributed by atoms with van der Waals surface area (Å²) in [7, 11) is 0. The highest BCUT2D eigenvalue weighted by Crippen LogP contribution is 2.07. The summed E-state index contributed by atoms with van der Waals surface area (Å²) >= 11 is 0. The summed E-state index contributed by atoms with van der Waals surface area (Å²) < 4.78 is 0. The summed E-state index contributed by atoms with van der Waals surface area (Å²) in [5.41, 5.74) is 1.27. The van der Waals surface area contributed by atoms with Crippen LogP contribution in [-0.2, 0) is 11.3 Å². The first kappa shape index (κ1) is 14.9. The number of Topliss-reactive ketones (excluding diaryl/α,β-unsaturated/α-hetero) is 1. The summed E-state index contributed by atoms with van der Waals surface area (Å²) in [6.07, 6.45) is 3.59. The fraction of sp³-hybridized carbons (Fsp3) is 0.562. The molecule has 0 aromatic heterocycles. The normalized spacial score (nSPS) is 10.8. The van der Waals surface area contributed by atoms with Gasteiger partial charge in [-0.05, 0) is 17.9 Å². The first-order valence-corrected chi connectivity index (χ1v) is 6.95. The lowest BCUT2D eigenvalue weighted by atomic mass is 10.0. The predicted molar refractivity (Wildman–Crippen MR) is 76.5 cm³/mol. The van der Waals surface area contributed by atoms with Crippen LogP contribution < -0.4 is 5.32 Å². The van der Waals surface area contributed by atoms with Gasteiger partial charge in [-0.3, -0.25) is 4.79 Å². The van der Waals surface area contributed by atoms with Gasteiger partial charge in [0.25, 0.3) is 0 Å². The minimum absolute atomic E-state index is 0.385. The third-order valence-corrected chi connectivity index (χ3v) is 2.99. The second kappa shape index (κ2) is 8.87. The maximum atomic E-state index is 11.6. The highest BCUT2D eigenvalue weighted by molar-refractivity contribution is 5.78. The van der Waals surface area contributed by atoms with Crippen molar-refractivity contribution in [3.63, 3.8) is 0 Å². The van der Waals surface area contributed by atoms with E-state index in [4.69, 9.17) is 0 Å². The van der Waals surface area contributed by atoms with E-state index in [1.165, 1.54) is 5.56 Å². The van der Waals surface area contributed by atoms with Crippen molar-refractivity contribution in [1.82, 2.24) is 5.32 Å². The summed E-state index contributed by atoms with van der Waals surface area (Å²) in [5, 5.41) is 3.31. The third kappa shape index (κ3) is 7.23. The van der Waals surface area contributed by atoms with Gasteiger partial charge in [0.1, 0.15) is 5.78 Å². The van der Waals surface area contributed by atoms with E-state index in [2.05, 4.69) is 31.3 Å². The molecule has 0 amide bonds. The van der Waals surface area contributed by atoms with Gasteiger partial charge in [0, 0.05) is 25.9 Å². The molecule has 0 unspecified atom stereocenters. The molecule has 0 heterocycles. The molecular formula is C16H25NO. The molecule has 0 fully saturated rings. The second-order valence-electron chi connectivity index (χ2n) is 5.24. The lowest BCUT2D eigenvalue weighted by Crippen LogP contribution is -2.17. The number of ketones is 1. The predicted octanol–water partition coefficient (Wildman–Crippen LogP) is 3.56. The Hall–Kier alpha value is -1.15. The molecule has 2 heteroatoms. The van der Waals surface area contributed by atoms with Gasteiger partial charge in [-0.2, -0.15) is 0 Å². The van der Waals surface area contributed by atoms with Crippen molar-refractivity contribution in [3.05, 3.63) is 35.9 Å². The number of rotatable bonds is 9. The van der Waals surface area contributed by atoms with E-state index >= 15 is 0 Å². The number of benzene rings is 1. The van der Waals surface area contributed by atoms with Crippen LogP contribution in [0.3, 0.4) is 0 Å². The van der Waals surface area contributed by atoms with E-state index < -0.39 is 0 Å². The van der Waals surface area contributed by atoms with E-state index in [-0.39, 0.29) is 0 Å². The summed E-state index contributed by atoms with van der Waals surface area (Å²) in [5.74, 6) is 1.09. The zero-order valence-electron chi connectivity index (χ0n) is 11.6. The van der Waals surface area contributed by atoms with Crippen LogP contribution in [0.5, 0.6) is 0 Å². The third-order valence-electron chi connectivity index (χ3n) is 2.99. The van der Waals surface area contributed by atoms with Crippen molar-refractivity contribution in [3.8, 4) is 0 Å². The van der Waals surface area contributed by atoms with Crippen LogP contribution in [0.1, 0.15) is 45.1 Å². The molecule has 0 radical (unpaired) electrons. The average molecular weight is 247 g/mol. The Morgan fingerprint density at radius 3 is 2.56 bits per heavy atom. The van der Waals surface area contributed by atoms with Gasteiger partial charge < -0.3 is 5.32 Å². The van der Waals surface area contributed by atoms with Gasteiger partial charge >= 0.3 is 0 Å². The number of carbonyl (C=O) groups is 1. The minimum atomic E-state index is 0.385. The molecule has 2 nitrogen and oxygen atoms in total. The van der Waals surface area contributed by atoms with Crippen LogP contribution >= 0.6 is 0 Å². The van der Waals surface area contributed by atoms with Crippen molar-refractivity contribution in [2.75, 3.05) is 6.54 Å². The fourth-order valence-corrected chi connectivity index (χ4v) is 1.89. The Balaban J connectivity index is 2.02. The van der Waals surface area contributed by atoms with Crippen molar-refractivity contribution < 1.29 is 4.79 Å². The van der Waals surface area contributed by atoms with Gasteiger partial charge in [0.05, 0.1) is 0 Å². The van der Waals surface area contributed by atoms with Crippen molar-refractivity contribution in [1.29, 1.82) is 0 Å². The SMILES string of the molecule is CC(C)CCCC(=O)CCNCc1ccccc1. The lowest BCUT2D eigenvalue weighted by molar-refractivity contribution is -0.119. The van der Waals surface area contributed by atoms with E-state index in [0.717, 1.165) is 32.4 Å². The number of nitrogens with one attached hydrogen (secondary N) is 1. The monoisotopic (exact) mass is 247 g/mol. The highest BCUT2D eigenvalue weighted by Gasteiger charge is 2.02. The number of carbonyl (C=O) groups excluding carboxylic acids is 1. The van der Waals surface area contributed by atoms with Crippen molar-refractivity contribution in [2.24, 2.45) is 5.92 Å². The Labute approximate surface area is 111 Å². The molecule has 0 atom stereocenters. The molecule has 0 aliphatic rings. The zero-order chi connectivity index (χ0) is 13.2. The second-order valence-corrected chi connectivity index (χ2v) is 5.24. The topological polar surface area (TPSA) is 29.1 Å². The first-order valence-electron chi connectivity index (χ1n) is 6.95. The standard InChI is InChI=1S/C16H25NO/c1-14(2)7-6-10-16(18)11-12-17-13-15-8-4-3-5-9-15/h3-5,8-9,14,17H,6-7,10-13H2,1-2H3. The molecule has 0 bridgehead atoms. The fourth-order valence-electron chi connectivity index (χ4n) is 1.89. The van der Waals surface area contributed by atoms with E-state index in [9.17, 15) is 4.79 Å². The first-order chi connectivity index (χ1) is 8.68. The van der Waals surface area contributed by atoms with Crippen LogP contribution in [0.4, 0.5) is 0 Å². The molecule has 0 aliphatic carbocycles. The van der Waals surface area contributed by atoms with Crippen LogP contribution in [0.15, 0.2) is 30.3 Å². The number of hydrogen-bond acceptors (Lipinski definition) is 2. The van der Waals surface area contributed by atoms with Gasteiger partial charge in [-0.1, -0.05) is 50.6 Å². The Bertz CT molecular complexity index is 332. The molecule has 1 aromatic carbocycles. The van der Waals surface area contributed by atoms with E-state index in [0.29, 0.717) is 18.1 Å². The summed E-state index contributed by atoms with van der Waals surface area (Å²) in [4.78, 5) is 11.6. The van der Waals surface area contributed by atoms with Crippen molar-refractivity contribution >= 4 is 5.78 Å². The maximum Gasteiger partial charge on any atom is 0.134 e. The minimum Gasteiger partial charge on any atom is -0.312 e. The Kier molecular flexibility index (Phi) is 7.35. The van der Waals surface area contributed by atoms with Crippen LogP contribution in [0.25, 0.3) is 0 Å². The highest BCUT2D eigenvalue weighted by atomic mass is 16.1. The molecule has 0 spiro atoms. The molecule has 0 saturated carbocycles. The maximum absolute atomic E-state index is 11.6. The van der Waals surface area contributed by atoms with E-state index in [1.807, 2.05) is 18.2 Å². The van der Waals surface area contributed by atoms with Gasteiger partial charge in [0.15, 0.2) is 0 Å². The molecule has 0 aliphatic heterocycles. The summed E-state index contributed by atoms with van der Waals surface area (Å²) in [6, 6.07) is 10.3.